The molecular formula is C13H27N. The highest BCUT2D eigenvalue weighted by molar-refractivity contribution is 4.69. The largest absolute Gasteiger partial charge is 0.314 e. The Balaban J connectivity index is 1.93. The van der Waals surface area contributed by atoms with Crippen LogP contribution in [0, 0.1) is 11.8 Å². The van der Waals surface area contributed by atoms with E-state index >= 15 is 0 Å². The zero-order valence-electron chi connectivity index (χ0n) is 10.2. The molecule has 1 fully saturated rings. The minimum absolute atomic E-state index is 0.679. The minimum Gasteiger partial charge on any atom is -0.314 e. The molecule has 1 aliphatic rings. The van der Waals surface area contributed by atoms with Crippen LogP contribution < -0.4 is 5.32 Å². The number of nitrogens with one attached hydrogen (secondary N) is 1. The Labute approximate surface area is 89.7 Å². The van der Waals surface area contributed by atoms with Crippen LogP contribution in [0.1, 0.15) is 59.3 Å². The maximum atomic E-state index is 3.61. The van der Waals surface area contributed by atoms with Crippen LogP contribution in [0.5, 0.6) is 0 Å². The molecule has 1 saturated carbocycles. The predicted octanol–water partition coefficient (Wildman–Crippen LogP) is 3.59. The molecule has 0 heterocycles. The summed E-state index contributed by atoms with van der Waals surface area (Å²) in [6.45, 7) is 8.08. The SMILES string of the molecule is CC(C)C(C)NCCCC1CCCC1. The van der Waals surface area contributed by atoms with Gasteiger partial charge in [0.15, 0.2) is 0 Å². The molecule has 14 heavy (non-hydrogen) atoms. The maximum absolute atomic E-state index is 3.61. The van der Waals surface area contributed by atoms with Gasteiger partial charge in [-0.2, -0.15) is 0 Å². The Morgan fingerprint density at radius 1 is 1.14 bits per heavy atom. The molecule has 1 nitrogen and oxygen atoms in total. The zero-order chi connectivity index (χ0) is 10.4. The highest BCUT2D eigenvalue weighted by atomic mass is 14.9. The van der Waals surface area contributed by atoms with Crippen LogP contribution >= 0.6 is 0 Å². The number of hydrogen-bond donors (Lipinski definition) is 1. The summed E-state index contributed by atoms with van der Waals surface area (Å²) in [5.41, 5.74) is 0. The average molecular weight is 197 g/mol. The first-order chi connectivity index (χ1) is 6.70. The normalized spacial score (nSPS) is 20.6. The lowest BCUT2D eigenvalue weighted by molar-refractivity contribution is 0.403. The summed E-state index contributed by atoms with van der Waals surface area (Å²) in [6.07, 6.45) is 8.81. The molecular weight excluding hydrogens is 170 g/mol. The molecule has 0 aromatic heterocycles. The van der Waals surface area contributed by atoms with E-state index in [0.29, 0.717) is 6.04 Å². The van der Waals surface area contributed by atoms with Crippen LogP contribution in [0.25, 0.3) is 0 Å². The highest BCUT2D eigenvalue weighted by Crippen LogP contribution is 2.28. The lowest BCUT2D eigenvalue weighted by Gasteiger charge is -2.18. The molecule has 1 aliphatic carbocycles. The predicted molar refractivity (Wildman–Crippen MR) is 63.5 cm³/mol. The van der Waals surface area contributed by atoms with Crippen molar-refractivity contribution in [2.75, 3.05) is 6.54 Å². The lowest BCUT2D eigenvalue weighted by Crippen LogP contribution is -2.31. The fourth-order valence-electron chi connectivity index (χ4n) is 2.26. The molecule has 0 saturated heterocycles. The van der Waals surface area contributed by atoms with Gasteiger partial charge in [0.2, 0.25) is 0 Å². The van der Waals surface area contributed by atoms with E-state index in [1.165, 1.54) is 45.1 Å². The zero-order valence-corrected chi connectivity index (χ0v) is 10.2. The van der Waals surface area contributed by atoms with Crippen LogP contribution in [0.2, 0.25) is 0 Å². The van der Waals surface area contributed by atoms with Gasteiger partial charge in [-0.05, 0) is 38.1 Å². The van der Waals surface area contributed by atoms with E-state index in [4.69, 9.17) is 0 Å². The standard InChI is InChI=1S/C13H27N/c1-11(2)12(3)14-10-6-9-13-7-4-5-8-13/h11-14H,4-10H2,1-3H3. The Morgan fingerprint density at radius 3 is 2.36 bits per heavy atom. The van der Waals surface area contributed by atoms with Crippen molar-refractivity contribution >= 4 is 0 Å². The maximum Gasteiger partial charge on any atom is 0.00617 e. The van der Waals surface area contributed by atoms with Crippen molar-refractivity contribution in [3.8, 4) is 0 Å². The second kappa shape index (κ2) is 6.44. The summed E-state index contributed by atoms with van der Waals surface area (Å²) in [7, 11) is 0. The van der Waals surface area contributed by atoms with Gasteiger partial charge < -0.3 is 5.32 Å². The molecule has 0 bridgehead atoms. The summed E-state index contributed by atoms with van der Waals surface area (Å²) in [4.78, 5) is 0. The topological polar surface area (TPSA) is 12.0 Å². The van der Waals surface area contributed by atoms with Crippen molar-refractivity contribution in [3.63, 3.8) is 0 Å². The Kier molecular flexibility index (Phi) is 5.54. The van der Waals surface area contributed by atoms with E-state index in [1.54, 1.807) is 0 Å². The number of hydrogen-bond acceptors (Lipinski definition) is 1. The van der Waals surface area contributed by atoms with Crippen LogP contribution in [-0.4, -0.2) is 12.6 Å². The van der Waals surface area contributed by atoms with Crippen molar-refractivity contribution in [1.82, 2.24) is 5.32 Å². The fourth-order valence-corrected chi connectivity index (χ4v) is 2.26. The van der Waals surface area contributed by atoms with E-state index < -0.39 is 0 Å². The first-order valence-corrected chi connectivity index (χ1v) is 6.43. The molecule has 84 valence electrons. The summed E-state index contributed by atoms with van der Waals surface area (Å²) in [5.74, 6) is 1.83. The molecule has 0 aliphatic heterocycles. The number of rotatable bonds is 6. The van der Waals surface area contributed by atoms with E-state index in [2.05, 4.69) is 26.1 Å². The van der Waals surface area contributed by atoms with Gasteiger partial charge in [-0.15, -0.1) is 0 Å². The fraction of sp³-hybridized carbons (Fsp3) is 1.00. The lowest BCUT2D eigenvalue weighted by atomic mass is 10.0. The van der Waals surface area contributed by atoms with Gasteiger partial charge in [-0.25, -0.2) is 0 Å². The quantitative estimate of drug-likeness (QED) is 0.642. The summed E-state index contributed by atoms with van der Waals surface area (Å²) >= 11 is 0. The third kappa shape index (κ3) is 4.45. The van der Waals surface area contributed by atoms with Crippen molar-refractivity contribution < 1.29 is 0 Å². The Hall–Kier alpha value is -0.0400. The molecule has 0 spiro atoms. The first kappa shape index (κ1) is 12.0. The van der Waals surface area contributed by atoms with Gasteiger partial charge in [-0.3, -0.25) is 0 Å². The third-order valence-electron chi connectivity index (χ3n) is 3.73. The molecule has 0 aromatic rings. The first-order valence-electron chi connectivity index (χ1n) is 6.43. The third-order valence-corrected chi connectivity index (χ3v) is 3.73. The van der Waals surface area contributed by atoms with Crippen LogP contribution in [0.3, 0.4) is 0 Å². The molecule has 0 radical (unpaired) electrons. The highest BCUT2D eigenvalue weighted by Gasteiger charge is 2.14. The van der Waals surface area contributed by atoms with Crippen LogP contribution in [0.4, 0.5) is 0 Å². The smallest absolute Gasteiger partial charge is 0.00617 e. The van der Waals surface area contributed by atoms with Crippen molar-refractivity contribution in [1.29, 1.82) is 0 Å². The van der Waals surface area contributed by atoms with Gasteiger partial charge in [0.1, 0.15) is 0 Å². The summed E-state index contributed by atoms with van der Waals surface area (Å²) in [5, 5.41) is 3.61. The van der Waals surface area contributed by atoms with Gasteiger partial charge in [0, 0.05) is 6.04 Å². The van der Waals surface area contributed by atoms with Crippen LogP contribution in [0.15, 0.2) is 0 Å². The Morgan fingerprint density at radius 2 is 1.79 bits per heavy atom. The summed E-state index contributed by atoms with van der Waals surface area (Å²) in [6, 6.07) is 0.679. The van der Waals surface area contributed by atoms with E-state index in [9.17, 15) is 0 Å². The summed E-state index contributed by atoms with van der Waals surface area (Å²) < 4.78 is 0. The van der Waals surface area contributed by atoms with Crippen LogP contribution in [-0.2, 0) is 0 Å². The van der Waals surface area contributed by atoms with Gasteiger partial charge in [0.05, 0.1) is 0 Å². The van der Waals surface area contributed by atoms with E-state index in [0.717, 1.165) is 11.8 Å². The molecule has 1 rings (SSSR count). The van der Waals surface area contributed by atoms with E-state index in [-0.39, 0.29) is 0 Å². The molecule has 1 unspecified atom stereocenters. The second-order valence-corrected chi connectivity index (χ2v) is 5.28. The van der Waals surface area contributed by atoms with Crippen molar-refractivity contribution in [2.24, 2.45) is 11.8 Å². The monoisotopic (exact) mass is 197 g/mol. The average Bonchev–Trinajstić information content (AvgIpc) is 2.64. The Bertz CT molecular complexity index is 132. The minimum atomic E-state index is 0.679. The second-order valence-electron chi connectivity index (χ2n) is 5.28. The van der Waals surface area contributed by atoms with Gasteiger partial charge >= 0.3 is 0 Å². The van der Waals surface area contributed by atoms with E-state index in [1.807, 2.05) is 0 Å². The molecule has 0 amide bonds. The van der Waals surface area contributed by atoms with Crippen molar-refractivity contribution in [3.05, 3.63) is 0 Å². The van der Waals surface area contributed by atoms with Crippen molar-refractivity contribution in [2.45, 2.75) is 65.3 Å². The molecule has 1 N–H and O–H groups in total. The molecule has 1 heteroatoms. The van der Waals surface area contributed by atoms with Gasteiger partial charge in [0.25, 0.3) is 0 Å². The van der Waals surface area contributed by atoms with Gasteiger partial charge in [-0.1, -0.05) is 39.5 Å². The molecule has 0 aromatic carbocycles. The molecule has 1 atom stereocenters.